The van der Waals surface area contributed by atoms with Gasteiger partial charge in [-0.2, -0.15) is 0 Å². The van der Waals surface area contributed by atoms with E-state index in [1.807, 2.05) is 0 Å². The van der Waals surface area contributed by atoms with Crippen molar-refractivity contribution in [3.63, 3.8) is 0 Å². The van der Waals surface area contributed by atoms with Crippen molar-refractivity contribution < 1.29 is 17.9 Å². The molecule has 1 saturated heterocycles. The van der Waals surface area contributed by atoms with Gasteiger partial charge in [0.25, 0.3) is 5.91 Å². The highest BCUT2D eigenvalue weighted by molar-refractivity contribution is 7.89. The monoisotopic (exact) mass is 397 g/mol. The Morgan fingerprint density at radius 1 is 1.33 bits per heavy atom. The number of nitrogens with zero attached hydrogens (tertiary/aromatic N) is 1. The normalized spacial score (nSPS) is 17.8. The highest BCUT2D eigenvalue weighted by atomic mass is 32.2. The number of amides is 1. The smallest absolute Gasteiger partial charge is 0.255 e. The van der Waals surface area contributed by atoms with E-state index in [1.54, 1.807) is 0 Å². The minimum Gasteiger partial charge on any atom is -0.496 e. The van der Waals surface area contributed by atoms with Gasteiger partial charge in [-0.05, 0) is 50.6 Å². The minimum atomic E-state index is -3.88. The van der Waals surface area contributed by atoms with Crippen molar-refractivity contribution in [2.75, 3.05) is 26.7 Å². The van der Waals surface area contributed by atoms with E-state index < -0.39 is 10.0 Å². The molecule has 7 nitrogen and oxygen atoms in total. The molecule has 1 amide bonds. The molecule has 1 atom stereocenters. The van der Waals surface area contributed by atoms with E-state index in [2.05, 4.69) is 17.1 Å². The van der Waals surface area contributed by atoms with Gasteiger partial charge in [-0.1, -0.05) is 26.2 Å². The molecule has 1 aromatic rings. The van der Waals surface area contributed by atoms with Crippen molar-refractivity contribution >= 4 is 15.9 Å². The van der Waals surface area contributed by atoms with Crippen molar-refractivity contribution in [2.45, 2.75) is 56.4 Å². The zero-order valence-corrected chi connectivity index (χ0v) is 17.1. The molecule has 0 aromatic heterocycles. The predicted octanol–water partition coefficient (Wildman–Crippen LogP) is 2.12. The van der Waals surface area contributed by atoms with Gasteiger partial charge >= 0.3 is 0 Å². The van der Waals surface area contributed by atoms with Crippen LogP contribution in [0.5, 0.6) is 5.75 Å². The summed E-state index contributed by atoms with van der Waals surface area (Å²) < 4.78 is 28.3. The molecule has 0 aliphatic carbocycles. The van der Waals surface area contributed by atoms with Crippen LogP contribution in [0.1, 0.15) is 55.8 Å². The Hall–Kier alpha value is -1.64. The Labute approximate surface area is 162 Å². The fraction of sp³-hybridized carbons (Fsp3) is 0.632. The van der Waals surface area contributed by atoms with Crippen molar-refractivity contribution in [3.05, 3.63) is 23.8 Å². The molecule has 27 heavy (non-hydrogen) atoms. The van der Waals surface area contributed by atoms with Crippen molar-refractivity contribution in [1.29, 1.82) is 0 Å². The van der Waals surface area contributed by atoms with Crippen LogP contribution >= 0.6 is 0 Å². The number of ether oxygens (including phenoxy) is 1. The Morgan fingerprint density at radius 2 is 2.11 bits per heavy atom. The quantitative estimate of drug-likeness (QED) is 0.589. The van der Waals surface area contributed by atoms with Crippen LogP contribution in [-0.2, 0) is 10.0 Å². The highest BCUT2D eigenvalue weighted by Crippen LogP contribution is 2.22. The van der Waals surface area contributed by atoms with E-state index in [-0.39, 0.29) is 16.4 Å². The molecule has 1 aromatic carbocycles. The summed E-state index contributed by atoms with van der Waals surface area (Å²) in [6.07, 6.45) is 7.10. The van der Waals surface area contributed by atoms with Crippen molar-refractivity contribution in [3.8, 4) is 5.75 Å². The van der Waals surface area contributed by atoms with Crippen LogP contribution in [0.3, 0.4) is 0 Å². The average Bonchev–Trinajstić information content (AvgIpc) is 3.09. The van der Waals surface area contributed by atoms with E-state index in [0.29, 0.717) is 18.3 Å². The van der Waals surface area contributed by atoms with Crippen LogP contribution in [0.2, 0.25) is 0 Å². The lowest BCUT2D eigenvalue weighted by molar-refractivity contribution is 0.0937. The van der Waals surface area contributed by atoms with Gasteiger partial charge in [-0.3, -0.25) is 9.69 Å². The lowest BCUT2D eigenvalue weighted by atomic mass is 10.1. The van der Waals surface area contributed by atoms with Crippen LogP contribution in [0.25, 0.3) is 0 Å². The first-order valence-electron chi connectivity index (χ1n) is 9.60. The number of carbonyl (C=O) groups is 1. The molecule has 0 saturated carbocycles. The molecule has 0 bridgehead atoms. The van der Waals surface area contributed by atoms with Crippen LogP contribution < -0.4 is 15.2 Å². The number of primary sulfonamides is 1. The summed E-state index contributed by atoms with van der Waals surface area (Å²) in [5.41, 5.74) is 0.177. The summed E-state index contributed by atoms with van der Waals surface area (Å²) in [5, 5.41) is 8.10. The Morgan fingerprint density at radius 3 is 2.78 bits per heavy atom. The number of sulfonamides is 1. The number of methoxy groups -OCH3 is 1. The van der Waals surface area contributed by atoms with Gasteiger partial charge in [0.05, 0.1) is 17.6 Å². The Kier molecular flexibility index (Phi) is 8.07. The minimum absolute atomic E-state index is 0.105. The van der Waals surface area contributed by atoms with Crippen LogP contribution in [0.4, 0.5) is 0 Å². The van der Waals surface area contributed by atoms with Crippen molar-refractivity contribution in [2.24, 2.45) is 5.14 Å². The van der Waals surface area contributed by atoms with Gasteiger partial charge in [0.15, 0.2) is 0 Å². The second-order valence-electron chi connectivity index (χ2n) is 7.01. The number of hydrogen-bond acceptors (Lipinski definition) is 5. The van der Waals surface area contributed by atoms with Gasteiger partial charge in [-0.15, -0.1) is 0 Å². The van der Waals surface area contributed by atoms with E-state index in [4.69, 9.17) is 9.88 Å². The fourth-order valence-corrected chi connectivity index (χ4v) is 4.05. The molecular weight excluding hydrogens is 366 g/mol. The standard InChI is InChI=1S/C19H31N3O4S/c1-3-4-5-6-11-22-12-7-8-15(22)14-21-19(23)17-13-16(27(20,24)25)9-10-18(17)26-2/h9-10,13,15H,3-8,11-12,14H2,1-2H3,(H,21,23)(H2,20,24,25)/t15-/m1/s1. The maximum Gasteiger partial charge on any atom is 0.255 e. The third-order valence-electron chi connectivity index (χ3n) is 5.04. The highest BCUT2D eigenvalue weighted by Gasteiger charge is 2.25. The van der Waals surface area contributed by atoms with Gasteiger partial charge < -0.3 is 10.1 Å². The molecule has 1 aliphatic rings. The lowest BCUT2D eigenvalue weighted by Gasteiger charge is -2.24. The fourth-order valence-electron chi connectivity index (χ4n) is 3.51. The zero-order valence-electron chi connectivity index (χ0n) is 16.2. The molecule has 1 aliphatic heterocycles. The molecular formula is C19H31N3O4S. The number of nitrogens with one attached hydrogen (secondary N) is 1. The average molecular weight is 398 g/mol. The molecule has 0 unspecified atom stereocenters. The first-order valence-corrected chi connectivity index (χ1v) is 11.1. The summed E-state index contributed by atoms with van der Waals surface area (Å²) >= 11 is 0. The first-order chi connectivity index (χ1) is 12.9. The number of benzene rings is 1. The maximum atomic E-state index is 12.6. The summed E-state index contributed by atoms with van der Waals surface area (Å²) in [5.74, 6) is -0.0297. The Balaban J connectivity index is 1.98. The predicted molar refractivity (Wildman–Crippen MR) is 105 cm³/mol. The van der Waals surface area contributed by atoms with Gasteiger partial charge in [0.1, 0.15) is 5.75 Å². The third-order valence-corrected chi connectivity index (χ3v) is 5.95. The molecule has 1 fully saturated rings. The summed E-state index contributed by atoms with van der Waals surface area (Å²) in [4.78, 5) is 15.0. The largest absolute Gasteiger partial charge is 0.496 e. The number of unbranched alkanes of at least 4 members (excludes halogenated alkanes) is 3. The third kappa shape index (κ3) is 6.19. The number of likely N-dealkylation sites (tertiary alicyclic amines) is 1. The van der Waals surface area contributed by atoms with Gasteiger partial charge in [-0.25, -0.2) is 13.6 Å². The summed E-state index contributed by atoms with van der Waals surface area (Å²) in [6.45, 7) is 4.87. The number of carbonyl (C=O) groups excluding carboxylic acids is 1. The second kappa shape index (κ2) is 10.1. The van der Waals surface area contributed by atoms with Crippen molar-refractivity contribution in [1.82, 2.24) is 10.2 Å². The zero-order chi connectivity index (χ0) is 19.9. The molecule has 3 N–H and O–H groups in total. The van der Waals surface area contributed by atoms with E-state index >= 15 is 0 Å². The SMILES string of the molecule is CCCCCCN1CCC[C@@H]1CNC(=O)c1cc(S(N)(=O)=O)ccc1OC. The molecule has 0 radical (unpaired) electrons. The summed E-state index contributed by atoms with van der Waals surface area (Å²) in [6, 6.07) is 4.37. The molecule has 0 spiro atoms. The number of hydrogen-bond donors (Lipinski definition) is 2. The first kappa shape index (κ1) is 21.7. The lowest BCUT2D eigenvalue weighted by Crippen LogP contribution is -2.40. The van der Waals surface area contributed by atoms with E-state index in [1.165, 1.54) is 51.0 Å². The van der Waals surface area contributed by atoms with Crippen LogP contribution in [0, 0.1) is 0 Å². The second-order valence-corrected chi connectivity index (χ2v) is 8.57. The van der Waals surface area contributed by atoms with E-state index in [9.17, 15) is 13.2 Å². The number of nitrogens with two attached hydrogens (primary N) is 1. The van der Waals surface area contributed by atoms with E-state index in [0.717, 1.165) is 25.9 Å². The topological polar surface area (TPSA) is 102 Å². The maximum absolute atomic E-state index is 12.6. The number of rotatable bonds is 10. The Bertz CT molecular complexity index is 736. The molecule has 2 rings (SSSR count). The molecule has 1 heterocycles. The van der Waals surface area contributed by atoms with Crippen LogP contribution in [0.15, 0.2) is 23.1 Å². The molecule has 8 heteroatoms. The van der Waals surface area contributed by atoms with Crippen LogP contribution in [-0.4, -0.2) is 52.0 Å². The van der Waals surface area contributed by atoms with Gasteiger partial charge in [0, 0.05) is 12.6 Å². The molecule has 152 valence electrons. The van der Waals surface area contributed by atoms with Gasteiger partial charge in [0.2, 0.25) is 10.0 Å². The summed E-state index contributed by atoms with van der Waals surface area (Å²) in [7, 11) is -2.44.